The van der Waals surface area contributed by atoms with E-state index in [0.717, 1.165) is 38.2 Å². The van der Waals surface area contributed by atoms with Gasteiger partial charge in [0.05, 0.1) is 12.3 Å². The van der Waals surface area contributed by atoms with E-state index in [-0.39, 0.29) is 5.75 Å². The zero-order valence-electron chi connectivity index (χ0n) is 12.1. The van der Waals surface area contributed by atoms with Crippen LogP contribution in [0.1, 0.15) is 24.4 Å². The molecular weight excluding hydrogens is 294 g/mol. The molecule has 0 saturated carbocycles. The third-order valence-electron chi connectivity index (χ3n) is 3.61. The molecule has 0 radical (unpaired) electrons. The first-order chi connectivity index (χ1) is 10.2. The standard InChI is InChI=1S/C15H22F2N2OS/c1-2-7-19-8-5-12(6-9-19)18-10-13-3-4-14(20-13)11-21-15(16)17/h2-4,12,15,18H,1,5-11H2. The molecule has 1 aliphatic heterocycles. The van der Waals surface area contributed by atoms with Crippen molar-refractivity contribution in [2.75, 3.05) is 19.6 Å². The van der Waals surface area contributed by atoms with E-state index in [2.05, 4.69) is 16.8 Å². The smallest absolute Gasteiger partial charge is 0.284 e. The van der Waals surface area contributed by atoms with Gasteiger partial charge in [0.25, 0.3) is 5.76 Å². The lowest BCUT2D eigenvalue weighted by molar-refractivity contribution is 0.212. The van der Waals surface area contributed by atoms with Crippen molar-refractivity contribution in [3.05, 3.63) is 36.3 Å². The van der Waals surface area contributed by atoms with Crippen LogP contribution in [-0.4, -0.2) is 36.3 Å². The lowest BCUT2D eigenvalue weighted by Gasteiger charge is -2.31. The topological polar surface area (TPSA) is 28.4 Å². The van der Waals surface area contributed by atoms with Gasteiger partial charge in [-0.05, 0) is 38.1 Å². The molecule has 2 heterocycles. The lowest BCUT2D eigenvalue weighted by Crippen LogP contribution is -2.42. The van der Waals surface area contributed by atoms with Crippen LogP contribution in [0.3, 0.4) is 0 Å². The average Bonchev–Trinajstić information content (AvgIpc) is 2.93. The second kappa shape index (κ2) is 8.56. The summed E-state index contributed by atoms with van der Waals surface area (Å²) < 4.78 is 29.8. The molecule has 0 amide bonds. The summed E-state index contributed by atoms with van der Waals surface area (Å²) >= 11 is 0.588. The highest BCUT2D eigenvalue weighted by Crippen LogP contribution is 2.21. The lowest BCUT2D eigenvalue weighted by atomic mass is 10.1. The summed E-state index contributed by atoms with van der Waals surface area (Å²) in [6.07, 6.45) is 4.17. The van der Waals surface area contributed by atoms with Gasteiger partial charge in [0.1, 0.15) is 11.5 Å². The Kier molecular flexibility index (Phi) is 6.73. The van der Waals surface area contributed by atoms with Crippen LogP contribution in [0.15, 0.2) is 29.2 Å². The molecule has 2 rings (SSSR count). The third kappa shape index (κ3) is 5.80. The summed E-state index contributed by atoms with van der Waals surface area (Å²) in [5, 5.41) is 3.48. The number of hydrogen-bond acceptors (Lipinski definition) is 4. The van der Waals surface area contributed by atoms with Crippen LogP contribution < -0.4 is 5.32 Å². The second-order valence-electron chi connectivity index (χ2n) is 5.18. The van der Waals surface area contributed by atoms with Crippen LogP contribution in [0.25, 0.3) is 0 Å². The quantitative estimate of drug-likeness (QED) is 0.743. The first kappa shape index (κ1) is 16.5. The second-order valence-corrected chi connectivity index (χ2v) is 6.16. The number of nitrogens with zero attached hydrogens (tertiary/aromatic N) is 1. The number of likely N-dealkylation sites (tertiary alicyclic amines) is 1. The minimum Gasteiger partial charge on any atom is -0.464 e. The Bertz CT molecular complexity index is 431. The maximum absolute atomic E-state index is 12.1. The van der Waals surface area contributed by atoms with Crippen LogP contribution in [-0.2, 0) is 12.3 Å². The van der Waals surface area contributed by atoms with Crippen molar-refractivity contribution in [1.29, 1.82) is 0 Å². The van der Waals surface area contributed by atoms with Gasteiger partial charge in [0, 0.05) is 12.6 Å². The zero-order valence-corrected chi connectivity index (χ0v) is 12.9. The average molecular weight is 316 g/mol. The van der Waals surface area contributed by atoms with Gasteiger partial charge in [-0.3, -0.25) is 4.90 Å². The molecule has 1 saturated heterocycles. The molecule has 6 heteroatoms. The van der Waals surface area contributed by atoms with Crippen molar-refractivity contribution in [1.82, 2.24) is 10.2 Å². The molecule has 118 valence electrons. The number of hydrogen-bond donors (Lipinski definition) is 1. The van der Waals surface area contributed by atoms with Crippen molar-refractivity contribution in [3.8, 4) is 0 Å². The van der Waals surface area contributed by atoms with Gasteiger partial charge in [0.15, 0.2) is 0 Å². The van der Waals surface area contributed by atoms with Gasteiger partial charge >= 0.3 is 0 Å². The van der Waals surface area contributed by atoms with Gasteiger partial charge in [-0.25, -0.2) is 0 Å². The number of alkyl halides is 2. The molecular formula is C15H22F2N2OS. The van der Waals surface area contributed by atoms with Gasteiger partial charge in [0.2, 0.25) is 0 Å². The van der Waals surface area contributed by atoms with Gasteiger partial charge in [-0.15, -0.1) is 6.58 Å². The van der Waals surface area contributed by atoms with Crippen LogP contribution in [0.5, 0.6) is 0 Å². The van der Waals surface area contributed by atoms with E-state index < -0.39 is 5.76 Å². The van der Waals surface area contributed by atoms with E-state index in [1.54, 1.807) is 6.07 Å². The molecule has 1 N–H and O–H groups in total. The molecule has 0 bridgehead atoms. The molecule has 21 heavy (non-hydrogen) atoms. The number of rotatable bonds is 8. The van der Waals surface area contributed by atoms with Gasteiger partial charge < -0.3 is 9.73 Å². The first-order valence-electron chi connectivity index (χ1n) is 7.21. The van der Waals surface area contributed by atoms with Gasteiger partial charge in [-0.2, -0.15) is 8.78 Å². The molecule has 0 aromatic carbocycles. The molecule has 3 nitrogen and oxygen atoms in total. The monoisotopic (exact) mass is 316 g/mol. The van der Waals surface area contributed by atoms with E-state index in [1.807, 2.05) is 12.1 Å². The fourth-order valence-corrected chi connectivity index (χ4v) is 2.93. The molecule has 0 spiro atoms. The molecule has 1 fully saturated rings. The Labute approximate surface area is 128 Å². The van der Waals surface area contributed by atoms with E-state index in [1.165, 1.54) is 0 Å². The summed E-state index contributed by atoms with van der Waals surface area (Å²) in [6, 6.07) is 4.13. The fourth-order valence-electron chi connectivity index (χ4n) is 2.49. The van der Waals surface area contributed by atoms with Crippen molar-refractivity contribution in [2.45, 2.75) is 36.9 Å². The fraction of sp³-hybridized carbons (Fsp3) is 0.600. The highest BCUT2D eigenvalue weighted by Gasteiger charge is 2.18. The molecule has 0 unspecified atom stereocenters. The Morgan fingerprint density at radius 3 is 2.76 bits per heavy atom. The molecule has 0 aliphatic carbocycles. The summed E-state index contributed by atoms with van der Waals surface area (Å²) in [6.45, 7) is 7.54. The van der Waals surface area contributed by atoms with E-state index in [9.17, 15) is 8.78 Å². The summed E-state index contributed by atoms with van der Waals surface area (Å²) in [5.41, 5.74) is 0. The van der Waals surface area contributed by atoms with Crippen LogP contribution in [0.2, 0.25) is 0 Å². The van der Waals surface area contributed by atoms with Crippen molar-refractivity contribution in [2.24, 2.45) is 0 Å². The van der Waals surface area contributed by atoms with Gasteiger partial charge in [-0.1, -0.05) is 17.8 Å². The van der Waals surface area contributed by atoms with E-state index >= 15 is 0 Å². The summed E-state index contributed by atoms with van der Waals surface area (Å²) in [5.74, 6) is -0.707. The van der Waals surface area contributed by atoms with Crippen molar-refractivity contribution >= 4 is 11.8 Å². The Morgan fingerprint density at radius 2 is 2.10 bits per heavy atom. The highest BCUT2D eigenvalue weighted by atomic mass is 32.2. The zero-order chi connectivity index (χ0) is 15.1. The SMILES string of the molecule is C=CCN1CCC(NCc2ccc(CSC(F)F)o2)CC1. The minimum atomic E-state index is -2.35. The van der Waals surface area contributed by atoms with Crippen LogP contribution >= 0.6 is 11.8 Å². The normalized spacial score (nSPS) is 17.5. The largest absolute Gasteiger partial charge is 0.464 e. The minimum absolute atomic E-state index is 0.220. The number of furan rings is 1. The predicted molar refractivity (Wildman–Crippen MR) is 82.5 cm³/mol. The Morgan fingerprint density at radius 1 is 1.38 bits per heavy atom. The van der Waals surface area contributed by atoms with Crippen LogP contribution in [0.4, 0.5) is 8.78 Å². The van der Waals surface area contributed by atoms with Crippen LogP contribution in [0, 0.1) is 0 Å². The maximum Gasteiger partial charge on any atom is 0.284 e. The number of thioether (sulfide) groups is 1. The van der Waals surface area contributed by atoms with Crippen molar-refractivity contribution in [3.63, 3.8) is 0 Å². The van der Waals surface area contributed by atoms with E-state index in [0.29, 0.717) is 30.1 Å². The first-order valence-corrected chi connectivity index (χ1v) is 8.26. The highest BCUT2D eigenvalue weighted by molar-refractivity contribution is 7.98. The summed E-state index contributed by atoms with van der Waals surface area (Å²) in [7, 11) is 0. The Balaban J connectivity index is 1.68. The maximum atomic E-state index is 12.1. The molecule has 0 atom stereocenters. The number of piperidine rings is 1. The molecule has 1 aromatic heterocycles. The van der Waals surface area contributed by atoms with Crippen molar-refractivity contribution < 1.29 is 13.2 Å². The molecule has 1 aliphatic rings. The predicted octanol–water partition coefficient (Wildman–Crippen LogP) is 3.48. The molecule has 1 aromatic rings. The summed E-state index contributed by atoms with van der Waals surface area (Å²) in [4.78, 5) is 2.39. The van der Waals surface area contributed by atoms with E-state index in [4.69, 9.17) is 4.42 Å². The Hall–Kier alpha value is -0.850. The third-order valence-corrected chi connectivity index (χ3v) is 4.31. The number of halogens is 2. The number of nitrogens with one attached hydrogen (secondary N) is 1.